The summed E-state index contributed by atoms with van der Waals surface area (Å²) in [7, 11) is 3.45. The van der Waals surface area contributed by atoms with E-state index in [-0.39, 0.29) is 18.1 Å². The summed E-state index contributed by atoms with van der Waals surface area (Å²) in [6.45, 7) is 4.18. The molecule has 0 aromatic heterocycles. The highest BCUT2D eigenvalue weighted by Gasteiger charge is 2.24. The Kier molecular flexibility index (Phi) is 5.12. The van der Waals surface area contributed by atoms with Crippen LogP contribution in [0.3, 0.4) is 0 Å². The van der Waals surface area contributed by atoms with Crippen LogP contribution in [0.4, 0.5) is 5.69 Å². The number of hydrogen-bond donors (Lipinski definition) is 1. The molecule has 4 nitrogen and oxygen atoms in total. The maximum absolute atomic E-state index is 12.1. The molecule has 1 aliphatic rings. The summed E-state index contributed by atoms with van der Waals surface area (Å²) >= 11 is 6.13. The number of anilines is 1. The molecular weight excluding hydrogens is 288 g/mol. The van der Waals surface area contributed by atoms with Crippen molar-refractivity contribution < 1.29 is 9.53 Å². The van der Waals surface area contributed by atoms with Gasteiger partial charge in [-0.15, -0.1) is 0 Å². The minimum atomic E-state index is -0.0858. The van der Waals surface area contributed by atoms with Crippen molar-refractivity contribution in [1.82, 2.24) is 4.90 Å². The van der Waals surface area contributed by atoms with E-state index in [2.05, 4.69) is 19.2 Å². The lowest BCUT2D eigenvalue weighted by Crippen LogP contribution is -2.36. The molecular formula is C16H23ClN2O2. The maximum Gasteiger partial charge on any atom is 0.254 e. The first-order valence-electron chi connectivity index (χ1n) is 7.30. The smallest absolute Gasteiger partial charge is 0.254 e. The van der Waals surface area contributed by atoms with Gasteiger partial charge in [-0.05, 0) is 44.9 Å². The Morgan fingerprint density at radius 3 is 2.48 bits per heavy atom. The van der Waals surface area contributed by atoms with Crippen LogP contribution in [0.15, 0.2) is 18.2 Å². The van der Waals surface area contributed by atoms with E-state index < -0.39 is 0 Å². The summed E-state index contributed by atoms with van der Waals surface area (Å²) < 4.78 is 5.74. The average Bonchev–Trinajstić information content (AvgIpc) is 2.39. The molecule has 116 valence electrons. The lowest BCUT2D eigenvalue weighted by atomic mass is 9.99. The molecule has 1 amide bonds. The highest BCUT2D eigenvalue weighted by Crippen LogP contribution is 2.26. The molecule has 1 heterocycles. The maximum atomic E-state index is 12.1. The first kappa shape index (κ1) is 16.1. The van der Waals surface area contributed by atoms with E-state index in [9.17, 15) is 4.79 Å². The molecule has 1 aromatic rings. The summed E-state index contributed by atoms with van der Waals surface area (Å²) in [6, 6.07) is 5.87. The highest BCUT2D eigenvalue weighted by molar-refractivity contribution is 6.34. The van der Waals surface area contributed by atoms with Crippen molar-refractivity contribution >= 4 is 23.2 Å². The normalized spacial score (nSPS) is 25.5. The molecule has 1 aliphatic heterocycles. The molecule has 1 saturated heterocycles. The first-order valence-corrected chi connectivity index (χ1v) is 7.67. The number of amides is 1. The Morgan fingerprint density at radius 2 is 1.90 bits per heavy atom. The number of carbonyl (C=O) groups excluding carboxylic acids is 1. The minimum absolute atomic E-state index is 0.0858. The fourth-order valence-electron chi connectivity index (χ4n) is 2.78. The zero-order chi connectivity index (χ0) is 15.6. The Morgan fingerprint density at radius 1 is 1.29 bits per heavy atom. The van der Waals surface area contributed by atoms with Gasteiger partial charge in [0.2, 0.25) is 0 Å². The molecule has 0 spiro atoms. The first-order chi connectivity index (χ1) is 9.86. The summed E-state index contributed by atoms with van der Waals surface area (Å²) in [6.07, 6.45) is 2.43. The van der Waals surface area contributed by atoms with Gasteiger partial charge in [0.15, 0.2) is 0 Å². The molecule has 1 N–H and O–H groups in total. The molecule has 0 radical (unpaired) electrons. The summed E-state index contributed by atoms with van der Waals surface area (Å²) in [5, 5.41) is 3.97. The van der Waals surface area contributed by atoms with Gasteiger partial charge in [-0.25, -0.2) is 0 Å². The van der Waals surface area contributed by atoms with Crippen LogP contribution >= 0.6 is 11.6 Å². The van der Waals surface area contributed by atoms with Gasteiger partial charge in [0.25, 0.3) is 5.91 Å². The van der Waals surface area contributed by atoms with Gasteiger partial charge < -0.3 is 15.0 Å². The van der Waals surface area contributed by atoms with Crippen molar-refractivity contribution in [2.45, 2.75) is 44.9 Å². The summed E-state index contributed by atoms with van der Waals surface area (Å²) in [5.41, 5.74) is 1.45. The zero-order valence-electron chi connectivity index (χ0n) is 13.0. The second-order valence-corrected chi connectivity index (χ2v) is 6.37. The predicted molar refractivity (Wildman–Crippen MR) is 86.1 cm³/mol. The van der Waals surface area contributed by atoms with Crippen LogP contribution in [0.1, 0.15) is 37.0 Å². The molecule has 0 saturated carbocycles. The minimum Gasteiger partial charge on any atom is -0.382 e. The van der Waals surface area contributed by atoms with Crippen LogP contribution in [0.2, 0.25) is 5.02 Å². The van der Waals surface area contributed by atoms with Crippen LogP contribution < -0.4 is 5.32 Å². The van der Waals surface area contributed by atoms with Crippen molar-refractivity contribution in [3.05, 3.63) is 28.8 Å². The number of ether oxygens (including phenoxy) is 1. The van der Waals surface area contributed by atoms with Gasteiger partial charge in [0, 0.05) is 25.8 Å². The third-order valence-corrected chi connectivity index (χ3v) is 4.00. The fourth-order valence-corrected chi connectivity index (χ4v) is 2.98. The van der Waals surface area contributed by atoms with Crippen molar-refractivity contribution in [3.63, 3.8) is 0 Å². The SMILES string of the molecule is CC1CC(Nc2ccc(Cl)c(C(=O)N(C)C)c2)CC(C)O1. The molecule has 1 aromatic carbocycles. The average molecular weight is 311 g/mol. The van der Waals surface area contributed by atoms with Crippen LogP contribution in [0.25, 0.3) is 0 Å². The molecule has 0 aliphatic carbocycles. The van der Waals surface area contributed by atoms with Crippen molar-refractivity contribution in [3.8, 4) is 0 Å². The van der Waals surface area contributed by atoms with Crippen LogP contribution in [-0.2, 0) is 4.74 Å². The topological polar surface area (TPSA) is 41.6 Å². The van der Waals surface area contributed by atoms with Crippen molar-refractivity contribution in [2.24, 2.45) is 0 Å². The van der Waals surface area contributed by atoms with E-state index in [1.807, 2.05) is 12.1 Å². The monoisotopic (exact) mass is 310 g/mol. The van der Waals surface area contributed by atoms with Crippen molar-refractivity contribution in [2.75, 3.05) is 19.4 Å². The van der Waals surface area contributed by atoms with Gasteiger partial charge in [0.1, 0.15) is 0 Å². The Bertz CT molecular complexity index is 509. The van der Waals surface area contributed by atoms with Gasteiger partial charge in [-0.1, -0.05) is 11.6 Å². The number of halogens is 1. The van der Waals surface area contributed by atoms with Crippen LogP contribution in [-0.4, -0.2) is 43.2 Å². The Labute approximate surface area is 131 Å². The lowest BCUT2D eigenvalue weighted by molar-refractivity contribution is -0.0337. The molecule has 5 heteroatoms. The van der Waals surface area contributed by atoms with E-state index in [1.54, 1.807) is 20.2 Å². The van der Waals surface area contributed by atoms with Gasteiger partial charge in [-0.3, -0.25) is 4.79 Å². The second-order valence-electron chi connectivity index (χ2n) is 5.96. The van der Waals surface area contributed by atoms with Crippen molar-refractivity contribution in [1.29, 1.82) is 0 Å². The zero-order valence-corrected chi connectivity index (χ0v) is 13.8. The van der Waals surface area contributed by atoms with E-state index in [1.165, 1.54) is 4.90 Å². The Hall–Kier alpha value is -1.26. The van der Waals surface area contributed by atoms with Crippen LogP contribution in [0.5, 0.6) is 0 Å². The van der Waals surface area contributed by atoms with Gasteiger partial charge >= 0.3 is 0 Å². The quantitative estimate of drug-likeness (QED) is 0.930. The Balaban J connectivity index is 2.14. The summed E-state index contributed by atoms with van der Waals surface area (Å²) in [4.78, 5) is 13.6. The van der Waals surface area contributed by atoms with E-state index in [0.717, 1.165) is 18.5 Å². The third kappa shape index (κ3) is 4.11. The van der Waals surface area contributed by atoms with Gasteiger partial charge in [0.05, 0.1) is 22.8 Å². The number of benzene rings is 1. The molecule has 21 heavy (non-hydrogen) atoms. The highest BCUT2D eigenvalue weighted by atomic mass is 35.5. The molecule has 2 atom stereocenters. The lowest BCUT2D eigenvalue weighted by Gasteiger charge is -2.33. The standard InChI is InChI=1S/C16H23ClN2O2/c1-10-7-13(8-11(2)21-10)18-12-5-6-15(17)14(9-12)16(20)19(3)4/h5-6,9-11,13,18H,7-8H2,1-4H3. The van der Waals surface area contributed by atoms with E-state index in [4.69, 9.17) is 16.3 Å². The summed E-state index contributed by atoms with van der Waals surface area (Å²) in [5.74, 6) is -0.0858. The molecule has 0 bridgehead atoms. The number of nitrogens with zero attached hydrogens (tertiary/aromatic N) is 1. The second kappa shape index (κ2) is 6.67. The molecule has 1 fully saturated rings. The molecule has 2 unspecified atom stereocenters. The fraction of sp³-hybridized carbons (Fsp3) is 0.562. The number of rotatable bonds is 3. The largest absolute Gasteiger partial charge is 0.382 e. The molecule has 2 rings (SSSR count). The van der Waals surface area contributed by atoms with Crippen LogP contribution in [0, 0.1) is 0 Å². The third-order valence-electron chi connectivity index (χ3n) is 3.67. The number of carbonyl (C=O) groups is 1. The van der Waals surface area contributed by atoms with E-state index >= 15 is 0 Å². The predicted octanol–water partition coefficient (Wildman–Crippen LogP) is 3.41. The number of hydrogen-bond acceptors (Lipinski definition) is 3. The van der Waals surface area contributed by atoms with Gasteiger partial charge in [-0.2, -0.15) is 0 Å². The number of nitrogens with one attached hydrogen (secondary N) is 1. The van der Waals surface area contributed by atoms with E-state index in [0.29, 0.717) is 16.6 Å².